The summed E-state index contributed by atoms with van der Waals surface area (Å²) >= 11 is 0. The van der Waals surface area contributed by atoms with E-state index in [1.54, 1.807) is 13.1 Å². The van der Waals surface area contributed by atoms with Gasteiger partial charge in [0.15, 0.2) is 0 Å². The number of pyridine rings is 1. The number of nitrogens with zero attached hydrogens (tertiary/aromatic N) is 2. The van der Waals surface area contributed by atoms with Crippen LogP contribution in [0.2, 0.25) is 0 Å². The summed E-state index contributed by atoms with van der Waals surface area (Å²) in [5.74, 6) is 0.113. The average molecular weight is 325 g/mol. The Hall–Kier alpha value is -2.69. The van der Waals surface area contributed by atoms with E-state index in [9.17, 15) is 9.59 Å². The number of rotatable bonds is 6. The van der Waals surface area contributed by atoms with Gasteiger partial charge in [0.05, 0.1) is 11.1 Å². The number of benzene rings is 1. The number of hydrogen-bond donors (Lipinski definition) is 1. The Bertz CT molecular complexity index is 699. The highest BCUT2D eigenvalue weighted by atomic mass is 16.2. The van der Waals surface area contributed by atoms with E-state index in [4.69, 9.17) is 0 Å². The second kappa shape index (κ2) is 8.24. The van der Waals surface area contributed by atoms with Crippen molar-refractivity contribution in [2.45, 2.75) is 20.3 Å². The Balaban J connectivity index is 2.09. The zero-order chi connectivity index (χ0) is 17.5. The topological polar surface area (TPSA) is 62.3 Å². The lowest BCUT2D eigenvalue weighted by Gasteiger charge is -2.17. The SMILES string of the molecule is CC(C)CCNC(=O)c1cncc(C(=O)N(C)c2ccccc2)c1. The molecule has 1 aromatic heterocycles. The van der Waals surface area contributed by atoms with Crippen LogP contribution in [0.4, 0.5) is 5.69 Å². The van der Waals surface area contributed by atoms with Crippen molar-refractivity contribution >= 4 is 17.5 Å². The fraction of sp³-hybridized carbons (Fsp3) is 0.316. The van der Waals surface area contributed by atoms with Gasteiger partial charge in [-0.25, -0.2) is 0 Å². The molecule has 0 saturated heterocycles. The number of carbonyl (C=O) groups is 2. The smallest absolute Gasteiger partial charge is 0.259 e. The molecule has 0 fully saturated rings. The van der Waals surface area contributed by atoms with Gasteiger partial charge >= 0.3 is 0 Å². The quantitative estimate of drug-likeness (QED) is 0.887. The zero-order valence-corrected chi connectivity index (χ0v) is 14.3. The molecule has 0 aliphatic heterocycles. The van der Waals surface area contributed by atoms with Gasteiger partial charge in [-0.2, -0.15) is 0 Å². The Morgan fingerprint density at radius 2 is 1.79 bits per heavy atom. The van der Waals surface area contributed by atoms with E-state index in [1.165, 1.54) is 17.3 Å². The molecule has 1 heterocycles. The van der Waals surface area contributed by atoms with Crippen LogP contribution in [0, 0.1) is 5.92 Å². The first-order valence-corrected chi connectivity index (χ1v) is 8.05. The van der Waals surface area contributed by atoms with Crippen LogP contribution in [-0.4, -0.2) is 30.4 Å². The molecule has 1 N–H and O–H groups in total. The first kappa shape index (κ1) is 17.7. The first-order valence-electron chi connectivity index (χ1n) is 8.05. The molecule has 0 unspecified atom stereocenters. The highest BCUT2D eigenvalue weighted by Gasteiger charge is 2.16. The van der Waals surface area contributed by atoms with Crippen LogP contribution in [0.25, 0.3) is 0 Å². The molecule has 2 amide bonds. The van der Waals surface area contributed by atoms with Gasteiger partial charge in [0.2, 0.25) is 0 Å². The summed E-state index contributed by atoms with van der Waals surface area (Å²) in [7, 11) is 1.70. The van der Waals surface area contributed by atoms with Gasteiger partial charge in [0.1, 0.15) is 0 Å². The Morgan fingerprint density at radius 1 is 1.12 bits per heavy atom. The Labute approximate surface area is 142 Å². The van der Waals surface area contributed by atoms with Gasteiger partial charge in [0.25, 0.3) is 11.8 Å². The predicted molar refractivity (Wildman–Crippen MR) is 95.2 cm³/mol. The van der Waals surface area contributed by atoms with Gasteiger partial charge in [-0.15, -0.1) is 0 Å². The van der Waals surface area contributed by atoms with E-state index < -0.39 is 0 Å². The molecule has 5 nitrogen and oxygen atoms in total. The summed E-state index contributed by atoms with van der Waals surface area (Å²) in [6.07, 6.45) is 3.87. The third-order valence-corrected chi connectivity index (χ3v) is 3.70. The lowest BCUT2D eigenvalue weighted by Crippen LogP contribution is -2.28. The van der Waals surface area contributed by atoms with E-state index >= 15 is 0 Å². The molecule has 126 valence electrons. The minimum Gasteiger partial charge on any atom is -0.352 e. The van der Waals surface area contributed by atoms with Crippen LogP contribution in [0.1, 0.15) is 41.0 Å². The lowest BCUT2D eigenvalue weighted by atomic mass is 10.1. The summed E-state index contributed by atoms with van der Waals surface area (Å²) in [6.45, 7) is 4.82. The van der Waals surface area contributed by atoms with Crippen molar-refractivity contribution in [1.82, 2.24) is 10.3 Å². The molecule has 0 aliphatic rings. The molecule has 1 aromatic carbocycles. The highest BCUT2D eigenvalue weighted by Crippen LogP contribution is 2.15. The number of nitrogens with one attached hydrogen (secondary N) is 1. The molecular weight excluding hydrogens is 302 g/mol. The maximum absolute atomic E-state index is 12.6. The van der Waals surface area contributed by atoms with E-state index in [0.29, 0.717) is 23.6 Å². The van der Waals surface area contributed by atoms with Crippen molar-refractivity contribution in [3.8, 4) is 0 Å². The van der Waals surface area contributed by atoms with Crippen molar-refractivity contribution in [3.05, 3.63) is 59.9 Å². The Morgan fingerprint density at radius 3 is 2.46 bits per heavy atom. The van der Waals surface area contributed by atoms with Crippen molar-refractivity contribution < 1.29 is 9.59 Å². The molecule has 0 aliphatic carbocycles. The monoisotopic (exact) mass is 325 g/mol. The van der Waals surface area contributed by atoms with Crippen LogP contribution in [0.3, 0.4) is 0 Å². The molecule has 24 heavy (non-hydrogen) atoms. The van der Waals surface area contributed by atoms with E-state index in [1.807, 2.05) is 30.3 Å². The highest BCUT2D eigenvalue weighted by molar-refractivity contribution is 6.07. The van der Waals surface area contributed by atoms with Crippen molar-refractivity contribution in [2.24, 2.45) is 5.92 Å². The van der Waals surface area contributed by atoms with Gasteiger partial charge in [-0.05, 0) is 30.5 Å². The number of aromatic nitrogens is 1. The maximum atomic E-state index is 12.6. The van der Waals surface area contributed by atoms with Crippen LogP contribution in [-0.2, 0) is 0 Å². The molecule has 0 spiro atoms. The van der Waals surface area contributed by atoms with Crippen molar-refractivity contribution in [2.75, 3.05) is 18.5 Å². The standard InChI is InChI=1S/C19H23N3O2/c1-14(2)9-10-21-18(23)15-11-16(13-20-12-15)19(24)22(3)17-7-5-4-6-8-17/h4-8,11-14H,9-10H2,1-3H3,(H,21,23). The van der Waals surface area contributed by atoms with Crippen LogP contribution >= 0.6 is 0 Å². The molecule has 2 rings (SSSR count). The minimum atomic E-state index is -0.208. The second-order valence-electron chi connectivity index (χ2n) is 6.10. The number of amides is 2. The fourth-order valence-corrected chi connectivity index (χ4v) is 2.22. The van der Waals surface area contributed by atoms with E-state index in [2.05, 4.69) is 24.1 Å². The van der Waals surface area contributed by atoms with Gasteiger partial charge in [0, 0.05) is 31.7 Å². The molecule has 0 saturated carbocycles. The number of hydrogen-bond acceptors (Lipinski definition) is 3. The second-order valence-corrected chi connectivity index (χ2v) is 6.10. The van der Waals surface area contributed by atoms with Crippen LogP contribution in [0.5, 0.6) is 0 Å². The molecule has 0 atom stereocenters. The summed E-state index contributed by atoms with van der Waals surface area (Å²) < 4.78 is 0. The van der Waals surface area contributed by atoms with E-state index in [0.717, 1.165) is 12.1 Å². The third kappa shape index (κ3) is 4.65. The van der Waals surface area contributed by atoms with Crippen molar-refractivity contribution in [3.63, 3.8) is 0 Å². The number of para-hydroxylation sites is 1. The molecule has 0 radical (unpaired) electrons. The number of anilines is 1. The maximum Gasteiger partial charge on any atom is 0.259 e. The predicted octanol–water partition coefficient (Wildman–Crippen LogP) is 3.13. The minimum absolute atomic E-state index is 0.203. The fourth-order valence-electron chi connectivity index (χ4n) is 2.22. The summed E-state index contributed by atoms with van der Waals surface area (Å²) in [4.78, 5) is 30.3. The third-order valence-electron chi connectivity index (χ3n) is 3.70. The molecular formula is C19H23N3O2. The number of carbonyl (C=O) groups excluding carboxylic acids is 2. The average Bonchev–Trinajstić information content (AvgIpc) is 2.61. The van der Waals surface area contributed by atoms with Crippen LogP contribution in [0.15, 0.2) is 48.8 Å². The van der Waals surface area contributed by atoms with Gasteiger partial charge in [-0.1, -0.05) is 32.0 Å². The summed E-state index contributed by atoms with van der Waals surface area (Å²) in [5.41, 5.74) is 1.57. The van der Waals surface area contributed by atoms with Crippen molar-refractivity contribution in [1.29, 1.82) is 0 Å². The zero-order valence-electron chi connectivity index (χ0n) is 14.3. The molecule has 0 bridgehead atoms. The largest absolute Gasteiger partial charge is 0.352 e. The first-order chi connectivity index (χ1) is 11.5. The van der Waals surface area contributed by atoms with Gasteiger partial charge < -0.3 is 10.2 Å². The van der Waals surface area contributed by atoms with Crippen LogP contribution < -0.4 is 10.2 Å². The van der Waals surface area contributed by atoms with E-state index in [-0.39, 0.29) is 11.8 Å². The Kier molecular flexibility index (Phi) is 6.07. The molecule has 2 aromatic rings. The normalized spacial score (nSPS) is 10.5. The summed E-state index contributed by atoms with van der Waals surface area (Å²) in [6, 6.07) is 10.9. The summed E-state index contributed by atoms with van der Waals surface area (Å²) in [5, 5.41) is 2.85. The van der Waals surface area contributed by atoms with Gasteiger partial charge in [-0.3, -0.25) is 14.6 Å². The lowest BCUT2D eigenvalue weighted by molar-refractivity contribution is 0.0951. The molecule has 5 heteroatoms.